The summed E-state index contributed by atoms with van der Waals surface area (Å²) in [6.45, 7) is 5.80. The van der Waals surface area contributed by atoms with Gasteiger partial charge in [0.2, 0.25) is 5.91 Å². The molecule has 3 rings (SSSR count). The number of benzene rings is 1. The van der Waals surface area contributed by atoms with Gasteiger partial charge in [0.25, 0.3) is 0 Å². The molecule has 6 nitrogen and oxygen atoms in total. The second-order valence-corrected chi connectivity index (χ2v) is 7.79. The molecule has 1 aliphatic heterocycles. The van der Waals surface area contributed by atoms with Gasteiger partial charge in [0.05, 0.1) is 12.8 Å². The molecule has 1 aromatic carbocycles. The number of nitrogens with zero attached hydrogens (tertiary/aromatic N) is 3. The Morgan fingerprint density at radius 3 is 2.79 bits per heavy atom. The van der Waals surface area contributed by atoms with Crippen LogP contribution in [-0.2, 0) is 24.8 Å². The molecule has 1 aliphatic rings. The van der Waals surface area contributed by atoms with Gasteiger partial charge in [0.1, 0.15) is 5.75 Å². The van der Waals surface area contributed by atoms with Gasteiger partial charge in [-0.2, -0.15) is 5.10 Å². The molecule has 152 valence electrons. The lowest BCUT2D eigenvalue weighted by molar-refractivity contribution is -0.122. The molecule has 28 heavy (non-hydrogen) atoms. The van der Waals surface area contributed by atoms with Crippen molar-refractivity contribution < 1.29 is 9.53 Å². The monoisotopic (exact) mass is 384 g/mol. The van der Waals surface area contributed by atoms with Gasteiger partial charge in [-0.1, -0.05) is 12.1 Å². The normalized spacial score (nSPS) is 15.5. The first-order valence-electron chi connectivity index (χ1n) is 10.1. The Morgan fingerprint density at radius 2 is 2.11 bits per heavy atom. The van der Waals surface area contributed by atoms with E-state index < -0.39 is 0 Å². The zero-order valence-electron chi connectivity index (χ0n) is 17.3. The predicted octanol–water partition coefficient (Wildman–Crippen LogP) is 2.70. The molecule has 6 heteroatoms. The van der Waals surface area contributed by atoms with Crippen LogP contribution < -0.4 is 10.1 Å². The zero-order chi connectivity index (χ0) is 19.9. The smallest absolute Gasteiger partial charge is 0.220 e. The highest BCUT2D eigenvalue weighted by atomic mass is 16.5. The lowest BCUT2D eigenvalue weighted by atomic mass is 9.93. The number of carbonyl (C=O) groups is 1. The van der Waals surface area contributed by atoms with Gasteiger partial charge < -0.3 is 10.1 Å². The van der Waals surface area contributed by atoms with E-state index >= 15 is 0 Å². The first kappa shape index (κ1) is 20.4. The Bertz CT molecular complexity index is 779. The quantitative estimate of drug-likeness (QED) is 0.760. The molecule has 2 heterocycles. The summed E-state index contributed by atoms with van der Waals surface area (Å²) in [5.41, 5.74) is 3.59. The van der Waals surface area contributed by atoms with Crippen LogP contribution >= 0.6 is 0 Å². The second-order valence-electron chi connectivity index (χ2n) is 7.79. The van der Waals surface area contributed by atoms with Gasteiger partial charge in [-0.15, -0.1) is 0 Å². The van der Waals surface area contributed by atoms with Crippen LogP contribution in [0.1, 0.15) is 36.1 Å². The number of amides is 1. The van der Waals surface area contributed by atoms with E-state index in [1.54, 1.807) is 7.11 Å². The molecule has 0 saturated carbocycles. The molecule has 0 aliphatic carbocycles. The fraction of sp³-hybridized carbons (Fsp3) is 0.545. The lowest BCUT2D eigenvalue weighted by Gasteiger charge is -2.31. The number of aryl methyl sites for hydroxylation is 2. The standard InChI is InChI=1S/C22H32N4O2/c1-17-20(15-25(2)24-17)16-26-11-8-19(9-12-26)14-22(27)23-10-7-18-5-4-6-21(13-18)28-3/h4-6,13,15,19H,7-12,14,16H2,1-3H3,(H,23,27). The van der Waals surface area contributed by atoms with Gasteiger partial charge in [-0.3, -0.25) is 14.4 Å². The summed E-state index contributed by atoms with van der Waals surface area (Å²) >= 11 is 0. The summed E-state index contributed by atoms with van der Waals surface area (Å²) < 4.78 is 7.12. The molecule has 0 unspecified atom stereocenters. The average Bonchev–Trinajstić information content (AvgIpc) is 3.00. The number of rotatable bonds is 8. The molecule has 1 saturated heterocycles. The number of likely N-dealkylation sites (tertiary alicyclic amines) is 1. The summed E-state index contributed by atoms with van der Waals surface area (Å²) in [5.74, 6) is 1.52. The molecule has 1 N–H and O–H groups in total. The predicted molar refractivity (Wildman–Crippen MR) is 110 cm³/mol. The van der Waals surface area contributed by atoms with E-state index in [2.05, 4.69) is 34.5 Å². The summed E-state index contributed by atoms with van der Waals surface area (Å²) in [7, 11) is 3.64. The Labute approximate surface area is 167 Å². The first-order valence-corrected chi connectivity index (χ1v) is 10.1. The first-order chi connectivity index (χ1) is 13.5. The third-order valence-corrected chi connectivity index (χ3v) is 5.56. The van der Waals surface area contributed by atoms with Crippen molar-refractivity contribution in [1.82, 2.24) is 20.0 Å². The van der Waals surface area contributed by atoms with E-state index in [9.17, 15) is 4.79 Å². The molecule has 2 aromatic rings. The molecule has 0 radical (unpaired) electrons. The number of hydrogen-bond acceptors (Lipinski definition) is 4. The highest BCUT2D eigenvalue weighted by molar-refractivity contribution is 5.76. The summed E-state index contributed by atoms with van der Waals surface area (Å²) in [5, 5.41) is 7.49. The highest BCUT2D eigenvalue weighted by Gasteiger charge is 2.22. The van der Waals surface area contributed by atoms with Gasteiger partial charge in [0.15, 0.2) is 0 Å². The molecular formula is C22H32N4O2. The SMILES string of the molecule is COc1cccc(CCNC(=O)CC2CCN(Cc3cn(C)nc3C)CC2)c1. The number of carbonyl (C=O) groups excluding carboxylic acids is 1. The van der Waals surface area contributed by atoms with E-state index in [4.69, 9.17) is 4.74 Å². The number of ether oxygens (including phenoxy) is 1. The summed E-state index contributed by atoms with van der Waals surface area (Å²) in [6.07, 6.45) is 5.74. The van der Waals surface area contributed by atoms with Gasteiger partial charge >= 0.3 is 0 Å². The van der Waals surface area contributed by atoms with Crippen LogP contribution in [0.3, 0.4) is 0 Å². The van der Waals surface area contributed by atoms with Crippen LogP contribution in [0.25, 0.3) is 0 Å². The van der Waals surface area contributed by atoms with Crippen LogP contribution in [0, 0.1) is 12.8 Å². The van der Waals surface area contributed by atoms with E-state index in [1.165, 1.54) is 11.1 Å². The van der Waals surface area contributed by atoms with Gasteiger partial charge in [-0.05, 0) is 62.9 Å². The second kappa shape index (κ2) is 9.73. The molecular weight excluding hydrogens is 352 g/mol. The number of piperidine rings is 1. The average molecular weight is 385 g/mol. The third kappa shape index (κ3) is 5.83. The molecule has 0 atom stereocenters. The Balaban J connectivity index is 1.35. The van der Waals surface area contributed by atoms with Crippen molar-refractivity contribution in [3.8, 4) is 5.75 Å². The molecule has 1 fully saturated rings. The number of nitrogens with one attached hydrogen (secondary N) is 1. The van der Waals surface area contributed by atoms with Gasteiger partial charge in [0, 0.05) is 38.3 Å². The maximum absolute atomic E-state index is 12.3. The van der Waals surface area contributed by atoms with E-state index in [0.29, 0.717) is 18.9 Å². The van der Waals surface area contributed by atoms with E-state index in [1.807, 2.05) is 29.9 Å². The van der Waals surface area contributed by atoms with Crippen molar-refractivity contribution in [1.29, 1.82) is 0 Å². The van der Waals surface area contributed by atoms with Crippen molar-refractivity contribution in [2.24, 2.45) is 13.0 Å². The Kier molecular flexibility index (Phi) is 7.09. The molecule has 1 amide bonds. The fourth-order valence-corrected chi connectivity index (χ4v) is 3.90. The van der Waals surface area contributed by atoms with Crippen molar-refractivity contribution in [2.45, 2.75) is 39.2 Å². The Hall–Kier alpha value is -2.34. The summed E-state index contributed by atoms with van der Waals surface area (Å²) in [6, 6.07) is 8.00. The topological polar surface area (TPSA) is 59.4 Å². The van der Waals surface area contributed by atoms with Gasteiger partial charge in [-0.25, -0.2) is 0 Å². The van der Waals surface area contributed by atoms with Crippen LogP contribution in [-0.4, -0.2) is 47.3 Å². The minimum atomic E-state index is 0.171. The van der Waals surface area contributed by atoms with E-state index in [0.717, 1.165) is 50.3 Å². The number of aromatic nitrogens is 2. The minimum absolute atomic E-state index is 0.171. The van der Waals surface area contributed by atoms with Crippen LogP contribution in [0.15, 0.2) is 30.5 Å². The van der Waals surface area contributed by atoms with Crippen LogP contribution in [0.5, 0.6) is 5.75 Å². The maximum Gasteiger partial charge on any atom is 0.220 e. The van der Waals surface area contributed by atoms with Crippen molar-refractivity contribution >= 4 is 5.91 Å². The van der Waals surface area contributed by atoms with E-state index in [-0.39, 0.29) is 5.91 Å². The fourth-order valence-electron chi connectivity index (χ4n) is 3.90. The summed E-state index contributed by atoms with van der Waals surface area (Å²) in [4.78, 5) is 14.8. The molecule has 0 bridgehead atoms. The third-order valence-electron chi connectivity index (χ3n) is 5.56. The zero-order valence-corrected chi connectivity index (χ0v) is 17.3. The number of methoxy groups -OCH3 is 1. The Morgan fingerprint density at radius 1 is 1.32 bits per heavy atom. The molecule has 1 aromatic heterocycles. The largest absolute Gasteiger partial charge is 0.497 e. The number of hydrogen-bond donors (Lipinski definition) is 1. The van der Waals surface area contributed by atoms with Crippen LogP contribution in [0.2, 0.25) is 0 Å². The van der Waals surface area contributed by atoms with Crippen molar-refractivity contribution in [3.63, 3.8) is 0 Å². The minimum Gasteiger partial charge on any atom is -0.497 e. The van der Waals surface area contributed by atoms with Crippen molar-refractivity contribution in [2.75, 3.05) is 26.7 Å². The highest BCUT2D eigenvalue weighted by Crippen LogP contribution is 2.22. The lowest BCUT2D eigenvalue weighted by Crippen LogP contribution is -2.36. The van der Waals surface area contributed by atoms with Crippen molar-refractivity contribution in [3.05, 3.63) is 47.3 Å². The molecule has 0 spiro atoms. The van der Waals surface area contributed by atoms with Crippen LogP contribution in [0.4, 0.5) is 0 Å². The maximum atomic E-state index is 12.3.